The SMILES string of the molecule is CCCC(O)CCCCCCCCCCCCCCCCC(CC)S(=O)(=O)[O-].[Na+]. The summed E-state index contributed by atoms with van der Waals surface area (Å²) in [7, 11) is -4.10. The van der Waals surface area contributed by atoms with Crippen molar-refractivity contribution in [2.24, 2.45) is 0 Å². The minimum atomic E-state index is -4.10. The van der Waals surface area contributed by atoms with Crippen LogP contribution in [0.1, 0.15) is 136 Å². The van der Waals surface area contributed by atoms with Crippen molar-refractivity contribution in [1.82, 2.24) is 0 Å². The number of rotatable bonds is 21. The maximum absolute atomic E-state index is 11.0. The van der Waals surface area contributed by atoms with E-state index in [1.165, 1.54) is 70.6 Å². The van der Waals surface area contributed by atoms with E-state index in [9.17, 15) is 18.1 Å². The Labute approximate surface area is 204 Å². The van der Waals surface area contributed by atoms with Crippen LogP contribution in [0.2, 0.25) is 0 Å². The van der Waals surface area contributed by atoms with Crippen LogP contribution in [0.4, 0.5) is 0 Å². The molecule has 0 radical (unpaired) electrons. The molecule has 0 amide bonds. The van der Waals surface area contributed by atoms with Gasteiger partial charge >= 0.3 is 29.6 Å². The molecule has 0 aliphatic heterocycles. The summed E-state index contributed by atoms with van der Waals surface area (Å²) in [4.78, 5) is 0. The first kappa shape index (κ1) is 32.1. The van der Waals surface area contributed by atoms with Crippen molar-refractivity contribution in [3.8, 4) is 0 Å². The number of aliphatic hydroxyl groups excluding tert-OH is 1. The smallest absolute Gasteiger partial charge is 0.748 e. The molecule has 0 heterocycles. The molecule has 170 valence electrons. The van der Waals surface area contributed by atoms with Gasteiger partial charge < -0.3 is 9.66 Å². The Hall–Kier alpha value is 0.870. The monoisotopic (exact) mass is 442 g/mol. The Morgan fingerprint density at radius 1 is 0.655 bits per heavy atom. The Kier molecular flexibility index (Phi) is 24.4. The van der Waals surface area contributed by atoms with Crippen LogP contribution in [0.15, 0.2) is 0 Å². The molecule has 1 N–H and O–H groups in total. The Morgan fingerprint density at radius 3 is 1.31 bits per heavy atom. The van der Waals surface area contributed by atoms with E-state index in [1.807, 2.05) is 0 Å². The molecule has 0 aromatic rings. The molecule has 4 nitrogen and oxygen atoms in total. The molecule has 0 aromatic carbocycles. The predicted molar refractivity (Wildman–Crippen MR) is 119 cm³/mol. The fourth-order valence-corrected chi connectivity index (χ4v) is 4.77. The van der Waals surface area contributed by atoms with E-state index in [2.05, 4.69) is 6.92 Å². The Bertz CT molecular complexity index is 429. The van der Waals surface area contributed by atoms with Crippen molar-refractivity contribution >= 4 is 10.1 Å². The molecule has 0 rings (SSSR count). The van der Waals surface area contributed by atoms with Gasteiger partial charge in [-0.2, -0.15) is 0 Å². The first-order valence-corrected chi connectivity index (χ1v) is 13.5. The van der Waals surface area contributed by atoms with Crippen molar-refractivity contribution in [3.63, 3.8) is 0 Å². The number of hydrogen-bond acceptors (Lipinski definition) is 4. The second-order valence-corrected chi connectivity index (χ2v) is 10.1. The van der Waals surface area contributed by atoms with E-state index < -0.39 is 15.4 Å². The molecule has 0 saturated heterocycles. The quantitative estimate of drug-likeness (QED) is 0.167. The molecule has 0 aliphatic carbocycles. The maximum atomic E-state index is 11.0. The van der Waals surface area contributed by atoms with Gasteiger partial charge in [-0.15, -0.1) is 0 Å². The topological polar surface area (TPSA) is 77.4 Å². The third kappa shape index (κ3) is 21.9. The van der Waals surface area contributed by atoms with Crippen LogP contribution in [-0.4, -0.2) is 29.4 Å². The average molecular weight is 443 g/mol. The Morgan fingerprint density at radius 2 is 1.00 bits per heavy atom. The van der Waals surface area contributed by atoms with E-state index in [-0.39, 0.29) is 35.7 Å². The molecule has 0 bridgehead atoms. The molecule has 6 heteroatoms. The van der Waals surface area contributed by atoms with Gasteiger partial charge in [-0.1, -0.05) is 110 Å². The minimum Gasteiger partial charge on any atom is -0.748 e. The molecular weight excluding hydrogens is 395 g/mol. The zero-order valence-electron chi connectivity index (χ0n) is 19.7. The van der Waals surface area contributed by atoms with E-state index in [4.69, 9.17) is 0 Å². The molecule has 2 unspecified atom stereocenters. The average Bonchev–Trinajstić information content (AvgIpc) is 2.63. The van der Waals surface area contributed by atoms with Crippen LogP contribution in [0.25, 0.3) is 0 Å². The van der Waals surface area contributed by atoms with Gasteiger partial charge in [0.05, 0.1) is 16.2 Å². The Balaban J connectivity index is 0. The van der Waals surface area contributed by atoms with Crippen LogP contribution < -0.4 is 29.6 Å². The van der Waals surface area contributed by atoms with Crippen LogP contribution in [0.3, 0.4) is 0 Å². The first-order chi connectivity index (χ1) is 13.4. The third-order valence-corrected chi connectivity index (χ3v) is 7.18. The van der Waals surface area contributed by atoms with Gasteiger partial charge in [0.25, 0.3) is 0 Å². The second-order valence-electron chi connectivity index (χ2n) is 8.49. The fourth-order valence-electron chi connectivity index (χ4n) is 3.90. The molecule has 0 saturated carbocycles. The summed E-state index contributed by atoms with van der Waals surface area (Å²) in [5.74, 6) is 0. The zero-order chi connectivity index (χ0) is 21.1. The number of aliphatic hydroxyl groups is 1. The zero-order valence-corrected chi connectivity index (χ0v) is 22.5. The van der Waals surface area contributed by atoms with E-state index >= 15 is 0 Å². The number of unbranched alkanes of at least 4 members (excludes halogenated alkanes) is 13. The minimum absolute atomic E-state index is 0. The third-order valence-electron chi connectivity index (χ3n) is 5.80. The summed E-state index contributed by atoms with van der Waals surface area (Å²) in [6.07, 6.45) is 21.2. The van der Waals surface area contributed by atoms with E-state index in [0.717, 1.165) is 38.5 Å². The standard InChI is InChI=1S/C23H48O4S.Na/c1-3-19-22(24)20-17-15-13-11-9-7-5-6-8-10-12-14-16-18-21-23(4-2)28(25,26)27;/h22-24H,3-21H2,1-2H3,(H,25,26,27);/q;+1/p-1. The molecular formula is C23H47NaO4S. The summed E-state index contributed by atoms with van der Waals surface area (Å²) >= 11 is 0. The maximum Gasteiger partial charge on any atom is 1.00 e. The van der Waals surface area contributed by atoms with Gasteiger partial charge in [0.1, 0.15) is 0 Å². The molecule has 29 heavy (non-hydrogen) atoms. The summed E-state index contributed by atoms with van der Waals surface area (Å²) < 4.78 is 33.1. The van der Waals surface area contributed by atoms with Crippen LogP contribution in [-0.2, 0) is 10.1 Å². The molecule has 0 aromatic heterocycles. The molecule has 0 aliphatic rings. The van der Waals surface area contributed by atoms with Crippen molar-refractivity contribution in [1.29, 1.82) is 0 Å². The summed E-state index contributed by atoms with van der Waals surface area (Å²) in [5, 5.41) is 9.00. The van der Waals surface area contributed by atoms with Gasteiger partial charge in [-0.25, -0.2) is 8.42 Å². The van der Waals surface area contributed by atoms with Gasteiger partial charge in [0.2, 0.25) is 0 Å². The van der Waals surface area contributed by atoms with Crippen LogP contribution in [0, 0.1) is 0 Å². The summed E-state index contributed by atoms with van der Waals surface area (Å²) in [5.41, 5.74) is 0. The first-order valence-electron chi connectivity index (χ1n) is 12.0. The van der Waals surface area contributed by atoms with Crippen LogP contribution in [0.5, 0.6) is 0 Å². The summed E-state index contributed by atoms with van der Waals surface area (Å²) in [6.45, 7) is 3.90. The van der Waals surface area contributed by atoms with Gasteiger partial charge in [0, 0.05) is 5.25 Å². The second kappa shape index (κ2) is 22.1. The van der Waals surface area contributed by atoms with Gasteiger partial charge in [0.15, 0.2) is 0 Å². The van der Waals surface area contributed by atoms with Crippen molar-refractivity contribution < 1.29 is 47.6 Å². The fraction of sp³-hybridized carbons (Fsp3) is 1.00. The predicted octanol–water partition coefficient (Wildman–Crippen LogP) is 3.72. The summed E-state index contributed by atoms with van der Waals surface area (Å²) in [6, 6.07) is 0. The van der Waals surface area contributed by atoms with Crippen molar-refractivity contribution in [2.45, 2.75) is 147 Å². The van der Waals surface area contributed by atoms with E-state index in [1.54, 1.807) is 6.92 Å². The van der Waals surface area contributed by atoms with Crippen molar-refractivity contribution in [3.05, 3.63) is 0 Å². The largest absolute Gasteiger partial charge is 1.00 e. The molecule has 0 fully saturated rings. The molecule has 0 spiro atoms. The number of hydrogen-bond donors (Lipinski definition) is 1. The normalized spacial score (nSPS) is 13.8. The van der Waals surface area contributed by atoms with E-state index in [0.29, 0.717) is 12.8 Å². The van der Waals surface area contributed by atoms with Crippen molar-refractivity contribution in [2.75, 3.05) is 0 Å². The van der Waals surface area contributed by atoms with Crippen LogP contribution >= 0.6 is 0 Å². The van der Waals surface area contributed by atoms with Gasteiger partial charge in [-0.3, -0.25) is 0 Å². The molecule has 2 atom stereocenters. The van der Waals surface area contributed by atoms with Gasteiger partial charge in [-0.05, 0) is 25.7 Å².